The van der Waals surface area contributed by atoms with E-state index in [1.807, 2.05) is 0 Å². The third kappa shape index (κ3) is 3.02. The second-order valence-corrected chi connectivity index (χ2v) is 6.65. The van der Waals surface area contributed by atoms with E-state index in [0.717, 1.165) is 23.5 Å². The number of aromatic hydroxyl groups is 1. The van der Waals surface area contributed by atoms with Crippen LogP contribution in [-0.2, 0) is 10.8 Å². The van der Waals surface area contributed by atoms with Gasteiger partial charge in [0.05, 0.1) is 22.6 Å². The largest absolute Gasteiger partial charge is 0.507 e. The van der Waals surface area contributed by atoms with Gasteiger partial charge in [0.25, 0.3) is 5.91 Å². The molecule has 20 heavy (non-hydrogen) atoms. The van der Waals surface area contributed by atoms with E-state index in [9.17, 15) is 18.5 Å². The molecule has 1 heterocycles. The predicted octanol–water partition coefficient (Wildman–Crippen LogP) is 2.29. The van der Waals surface area contributed by atoms with Crippen LogP contribution in [-0.4, -0.2) is 26.5 Å². The highest BCUT2D eigenvalue weighted by Crippen LogP contribution is 2.26. The summed E-state index contributed by atoms with van der Waals surface area (Å²) in [6.45, 7) is 1.50. The summed E-state index contributed by atoms with van der Waals surface area (Å²) in [5.74, 6) is -1.56. The van der Waals surface area contributed by atoms with Crippen LogP contribution in [0.15, 0.2) is 22.5 Å². The summed E-state index contributed by atoms with van der Waals surface area (Å²) in [5, 5.41) is 12.4. The van der Waals surface area contributed by atoms with Crippen molar-refractivity contribution < 1.29 is 18.5 Å². The molecule has 0 aliphatic heterocycles. The number of thiazole rings is 1. The second-order valence-electron chi connectivity index (χ2n) is 4.01. The molecule has 0 aliphatic carbocycles. The molecule has 0 spiro atoms. The SMILES string of the molecule is Cc1cc(F)cc(C(=O)Nc2ncc(S(C)=O)s2)c1O. The maximum absolute atomic E-state index is 13.3. The standard InChI is InChI=1S/C12H11FN2O3S2/c1-6-3-7(13)4-8(10(6)16)11(17)15-12-14-5-9(19-12)20(2)18/h3-5,16H,1-2H3,(H,14,15,17). The van der Waals surface area contributed by atoms with Gasteiger partial charge in [-0.25, -0.2) is 9.37 Å². The van der Waals surface area contributed by atoms with Gasteiger partial charge in [0.1, 0.15) is 15.8 Å². The Morgan fingerprint density at radius 3 is 2.80 bits per heavy atom. The van der Waals surface area contributed by atoms with Crippen molar-refractivity contribution in [3.63, 3.8) is 0 Å². The molecule has 1 aromatic carbocycles. The number of anilines is 1. The lowest BCUT2D eigenvalue weighted by Gasteiger charge is -2.07. The highest BCUT2D eigenvalue weighted by atomic mass is 32.2. The van der Waals surface area contributed by atoms with E-state index >= 15 is 0 Å². The number of phenols is 1. The molecule has 106 valence electrons. The Hall–Kier alpha value is -1.80. The van der Waals surface area contributed by atoms with Crippen LogP contribution < -0.4 is 5.32 Å². The Kier molecular flexibility index (Phi) is 4.15. The van der Waals surface area contributed by atoms with E-state index in [0.29, 0.717) is 4.21 Å². The molecule has 0 bridgehead atoms. The van der Waals surface area contributed by atoms with Crippen molar-refractivity contribution in [3.8, 4) is 5.75 Å². The number of amides is 1. The first-order chi connectivity index (χ1) is 9.38. The third-order valence-electron chi connectivity index (χ3n) is 2.50. The Balaban J connectivity index is 2.26. The lowest BCUT2D eigenvalue weighted by Crippen LogP contribution is -2.12. The Labute approximate surface area is 120 Å². The van der Waals surface area contributed by atoms with Gasteiger partial charge in [0.2, 0.25) is 0 Å². The lowest BCUT2D eigenvalue weighted by atomic mass is 10.1. The van der Waals surface area contributed by atoms with Crippen LogP contribution in [0.2, 0.25) is 0 Å². The number of rotatable bonds is 3. The average molecular weight is 314 g/mol. The fraction of sp³-hybridized carbons (Fsp3) is 0.167. The van der Waals surface area contributed by atoms with E-state index in [1.54, 1.807) is 0 Å². The minimum Gasteiger partial charge on any atom is -0.507 e. The molecule has 2 rings (SSSR count). The predicted molar refractivity (Wildman–Crippen MR) is 75.2 cm³/mol. The molecule has 1 unspecified atom stereocenters. The molecule has 0 radical (unpaired) electrons. The number of hydrogen-bond acceptors (Lipinski definition) is 5. The summed E-state index contributed by atoms with van der Waals surface area (Å²) in [6, 6.07) is 2.08. The zero-order valence-electron chi connectivity index (χ0n) is 10.6. The van der Waals surface area contributed by atoms with Crippen molar-refractivity contribution in [2.45, 2.75) is 11.1 Å². The van der Waals surface area contributed by atoms with Crippen LogP contribution in [0.25, 0.3) is 0 Å². The summed E-state index contributed by atoms with van der Waals surface area (Å²) in [4.78, 5) is 15.9. The first-order valence-corrected chi connectivity index (χ1v) is 7.85. The molecular weight excluding hydrogens is 303 g/mol. The van der Waals surface area contributed by atoms with Gasteiger partial charge in [0, 0.05) is 6.26 Å². The molecule has 1 atom stereocenters. The van der Waals surface area contributed by atoms with Crippen LogP contribution in [0.1, 0.15) is 15.9 Å². The van der Waals surface area contributed by atoms with Gasteiger partial charge < -0.3 is 5.11 Å². The molecular formula is C12H11FN2O3S2. The van der Waals surface area contributed by atoms with Crippen molar-refractivity contribution >= 4 is 33.2 Å². The van der Waals surface area contributed by atoms with Gasteiger partial charge in [-0.3, -0.25) is 14.3 Å². The first kappa shape index (κ1) is 14.6. The van der Waals surface area contributed by atoms with Crippen LogP contribution in [0.4, 0.5) is 9.52 Å². The van der Waals surface area contributed by atoms with Crippen LogP contribution in [0, 0.1) is 12.7 Å². The van der Waals surface area contributed by atoms with Crippen molar-refractivity contribution in [3.05, 3.63) is 35.3 Å². The fourth-order valence-corrected chi connectivity index (χ4v) is 2.98. The smallest absolute Gasteiger partial charge is 0.261 e. The number of carbonyl (C=O) groups excluding carboxylic acids is 1. The van der Waals surface area contributed by atoms with Crippen molar-refractivity contribution in [2.75, 3.05) is 11.6 Å². The van der Waals surface area contributed by atoms with Gasteiger partial charge in [0.15, 0.2) is 5.13 Å². The van der Waals surface area contributed by atoms with Crippen molar-refractivity contribution in [2.24, 2.45) is 0 Å². The molecule has 1 amide bonds. The molecule has 0 saturated carbocycles. The van der Waals surface area contributed by atoms with E-state index in [2.05, 4.69) is 10.3 Å². The summed E-state index contributed by atoms with van der Waals surface area (Å²) in [5.41, 5.74) is 0.0986. The molecule has 0 fully saturated rings. The minimum absolute atomic E-state index is 0.170. The average Bonchev–Trinajstić information content (AvgIpc) is 2.82. The molecule has 5 nitrogen and oxygen atoms in total. The number of nitrogens with zero attached hydrogens (tertiary/aromatic N) is 1. The van der Waals surface area contributed by atoms with Crippen molar-refractivity contribution in [1.29, 1.82) is 0 Å². The summed E-state index contributed by atoms with van der Waals surface area (Å²) >= 11 is 1.06. The van der Waals surface area contributed by atoms with Gasteiger partial charge >= 0.3 is 0 Å². The number of nitrogens with one attached hydrogen (secondary N) is 1. The third-order valence-corrected chi connectivity index (χ3v) is 4.83. The Morgan fingerprint density at radius 1 is 1.50 bits per heavy atom. The molecule has 2 aromatic rings. The van der Waals surface area contributed by atoms with E-state index in [4.69, 9.17) is 0 Å². The zero-order valence-corrected chi connectivity index (χ0v) is 12.3. The Bertz CT molecular complexity index is 700. The van der Waals surface area contributed by atoms with Gasteiger partial charge in [-0.2, -0.15) is 0 Å². The minimum atomic E-state index is -1.18. The van der Waals surface area contributed by atoms with Crippen LogP contribution in [0.5, 0.6) is 5.75 Å². The zero-order chi connectivity index (χ0) is 14.9. The van der Waals surface area contributed by atoms with Crippen LogP contribution >= 0.6 is 11.3 Å². The number of phenolic OH excluding ortho intramolecular Hbond substituents is 1. The number of aryl methyl sites for hydroxylation is 1. The number of aromatic nitrogens is 1. The quantitative estimate of drug-likeness (QED) is 0.911. The molecule has 0 aliphatic rings. The molecule has 0 saturated heterocycles. The molecule has 1 aromatic heterocycles. The Morgan fingerprint density at radius 2 is 2.20 bits per heavy atom. The number of carbonyl (C=O) groups is 1. The highest BCUT2D eigenvalue weighted by molar-refractivity contribution is 7.86. The van der Waals surface area contributed by atoms with Gasteiger partial charge in [-0.1, -0.05) is 11.3 Å². The van der Waals surface area contributed by atoms with E-state index in [-0.39, 0.29) is 22.0 Å². The summed E-state index contributed by atoms with van der Waals surface area (Å²) in [6.07, 6.45) is 2.90. The number of benzene rings is 1. The van der Waals surface area contributed by atoms with E-state index in [1.165, 1.54) is 19.4 Å². The summed E-state index contributed by atoms with van der Waals surface area (Å²) < 4.78 is 25.0. The van der Waals surface area contributed by atoms with E-state index < -0.39 is 22.5 Å². The van der Waals surface area contributed by atoms with Gasteiger partial charge in [-0.15, -0.1) is 0 Å². The molecule has 8 heteroatoms. The highest BCUT2D eigenvalue weighted by Gasteiger charge is 2.16. The van der Waals surface area contributed by atoms with Crippen LogP contribution in [0.3, 0.4) is 0 Å². The number of halogens is 1. The normalized spacial score (nSPS) is 12.2. The fourth-order valence-electron chi connectivity index (χ4n) is 1.52. The molecule has 2 N–H and O–H groups in total. The van der Waals surface area contributed by atoms with Gasteiger partial charge in [-0.05, 0) is 24.6 Å². The van der Waals surface area contributed by atoms with Crippen molar-refractivity contribution in [1.82, 2.24) is 4.98 Å². The maximum Gasteiger partial charge on any atom is 0.261 e. The monoisotopic (exact) mass is 314 g/mol. The lowest BCUT2D eigenvalue weighted by molar-refractivity contribution is 0.102. The second kappa shape index (κ2) is 5.68. The maximum atomic E-state index is 13.3. The number of hydrogen-bond donors (Lipinski definition) is 2. The summed E-state index contributed by atoms with van der Waals surface area (Å²) in [7, 11) is -1.18. The topological polar surface area (TPSA) is 79.3 Å². The first-order valence-electron chi connectivity index (χ1n) is 5.48.